The fraction of sp³-hybridized carbons (Fsp3) is 0.300. The van der Waals surface area contributed by atoms with Crippen molar-refractivity contribution in [2.24, 2.45) is 0 Å². The lowest BCUT2D eigenvalue weighted by molar-refractivity contribution is -0.142. The predicted molar refractivity (Wildman–Crippen MR) is 56.8 cm³/mol. The topological polar surface area (TPSA) is 80.7 Å². The maximum atomic E-state index is 11.1. The number of ether oxygens (including phenoxy) is 1. The Balaban J connectivity index is 2.62. The Bertz CT molecular complexity index is 460. The summed E-state index contributed by atoms with van der Waals surface area (Å²) in [4.78, 5) is 10.4. The Labute approximate surface area is 93.6 Å². The van der Waals surface area contributed by atoms with Gasteiger partial charge in [0.2, 0.25) is 0 Å². The van der Waals surface area contributed by atoms with Crippen molar-refractivity contribution >= 4 is 15.8 Å². The highest BCUT2D eigenvalue weighted by atomic mass is 32.2. The second-order valence-electron chi connectivity index (χ2n) is 3.30. The molecule has 0 atom stereocenters. The minimum Gasteiger partial charge on any atom is -0.480 e. The number of hydrogen-bond donors (Lipinski definition) is 1. The molecule has 0 unspecified atom stereocenters. The fourth-order valence-electron chi connectivity index (χ4n) is 1.09. The van der Waals surface area contributed by atoms with Crippen LogP contribution in [-0.2, 0) is 26.0 Å². The van der Waals surface area contributed by atoms with Gasteiger partial charge in [-0.15, -0.1) is 0 Å². The summed E-state index contributed by atoms with van der Waals surface area (Å²) in [5.74, 6) is -1.03. The molecule has 0 aromatic heterocycles. The lowest BCUT2D eigenvalue weighted by Crippen LogP contribution is -2.06. The van der Waals surface area contributed by atoms with Crippen LogP contribution < -0.4 is 0 Å². The van der Waals surface area contributed by atoms with E-state index in [4.69, 9.17) is 9.84 Å². The number of aliphatic carboxylic acids is 1. The van der Waals surface area contributed by atoms with Gasteiger partial charge in [-0.3, -0.25) is 0 Å². The first-order valence-electron chi connectivity index (χ1n) is 4.48. The molecule has 0 aliphatic rings. The van der Waals surface area contributed by atoms with Crippen molar-refractivity contribution in [3.05, 3.63) is 29.8 Å². The van der Waals surface area contributed by atoms with Gasteiger partial charge in [-0.25, -0.2) is 13.2 Å². The number of hydrogen-bond acceptors (Lipinski definition) is 4. The molecule has 0 aliphatic carbocycles. The smallest absolute Gasteiger partial charge is 0.329 e. The molecule has 0 amide bonds. The molecule has 5 nitrogen and oxygen atoms in total. The molecule has 0 fully saturated rings. The van der Waals surface area contributed by atoms with Crippen LogP contribution in [0.5, 0.6) is 0 Å². The van der Waals surface area contributed by atoms with Crippen LogP contribution in [-0.4, -0.2) is 32.4 Å². The van der Waals surface area contributed by atoms with E-state index in [0.717, 1.165) is 11.8 Å². The van der Waals surface area contributed by atoms with E-state index >= 15 is 0 Å². The number of carbonyl (C=O) groups is 1. The summed E-state index contributed by atoms with van der Waals surface area (Å²) in [5, 5.41) is 8.34. The summed E-state index contributed by atoms with van der Waals surface area (Å²) in [5.41, 5.74) is 0.730. The van der Waals surface area contributed by atoms with Crippen molar-refractivity contribution in [3.8, 4) is 0 Å². The summed E-state index contributed by atoms with van der Waals surface area (Å²) in [6.45, 7) is -0.218. The molecule has 1 aromatic rings. The van der Waals surface area contributed by atoms with Gasteiger partial charge in [0.15, 0.2) is 9.84 Å². The Kier molecular flexibility index (Phi) is 4.03. The van der Waals surface area contributed by atoms with Crippen LogP contribution in [0.4, 0.5) is 0 Å². The Morgan fingerprint density at radius 2 is 1.88 bits per heavy atom. The molecule has 1 aromatic carbocycles. The van der Waals surface area contributed by atoms with Crippen molar-refractivity contribution < 1.29 is 23.1 Å². The third-order valence-electron chi connectivity index (χ3n) is 1.85. The van der Waals surface area contributed by atoms with Crippen LogP contribution in [0, 0.1) is 0 Å². The third-order valence-corrected chi connectivity index (χ3v) is 2.97. The zero-order valence-electron chi connectivity index (χ0n) is 8.71. The molecule has 0 aliphatic heterocycles. The van der Waals surface area contributed by atoms with Gasteiger partial charge >= 0.3 is 5.97 Å². The van der Waals surface area contributed by atoms with Crippen molar-refractivity contribution in [2.75, 3.05) is 12.9 Å². The van der Waals surface area contributed by atoms with Gasteiger partial charge in [0.25, 0.3) is 0 Å². The summed E-state index contributed by atoms with van der Waals surface area (Å²) in [7, 11) is -3.19. The number of benzene rings is 1. The standard InChI is InChI=1S/C10H12O5S/c1-16(13,14)9-4-2-8(3-5-9)6-15-7-10(11)12/h2-5H,6-7H2,1H3,(H,11,12). The summed E-state index contributed by atoms with van der Waals surface area (Å²) in [6.07, 6.45) is 1.13. The maximum absolute atomic E-state index is 11.1. The SMILES string of the molecule is CS(=O)(=O)c1ccc(COCC(=O)O)cc1. The second kappa shape index (κ2) is 5.09. The minimum atomic E-state index is -3.19. The summed E-state index contributed by atoms with van der Waals surface area (Å²) < 4.78 is 27.1. The molecule has 88 valence electrons. The first-order valence-corrected chi connectivity index (χ1v) is 6.37. The Hall–Kier alpha value is -1.40. The molecule has 0 radical (unpaired) electrons. The van der Waals surface area contributed by atoms with Crippen LogP contribution in [0.25, 0.3) is 0 Å². The lowest BCUT2D eigenvalue weighted by atomic mass is 10.2. The molecule has 1 N–H and O–H groups in total. The molecule has 16 heavy (non-hydrogen) atoms. The normalized spacial score (nSPS) is 11.3. The molecule has 0 bridgehead atoms. The van der Waals surface area contributed by atoms with Gasteiger partial charge in [-0.05, 0) is 17.7 Å². The van der Waals surface area contributed by atoms with E-state index in [-0.39, 0.29) is 18.1 Å². The van der Waals surface area contributed by atoms with E-state index in [1.54, 1.807) is 12.1 Å². The monoisotopic (exact) mass is 244 g/mol. The highest BCUT2D eigenvalue weighted by Gasteiger charge is 2.06. The third kappa shape index (κ3) is 4.00. The van der Waals surface area contributed by atoms with Gasteiger partial charge in [0.1, 0.15) is 6.61 Å². The van der Waals surface area contributed by atoms with Gasteiger partial charge in [-0.1, -0.05) is 12.1 Å². The van der Waals surface area contributed by atoms with E-state index in [0.29, 0.717) is 0 Å². The van der Waals surface area contributed by atoms with Gasteiger partial charge in [-0.2, -0.15) is 0 Å². The quantitative estimate of drug-likeness (QED) is 0.824. The van der Waals surface area contributed by atoms with E-state index in [2.05, 4.69) is 0 Å². The van der Waals surface area contributed by atoms with E-state index < -0.39 is 15.8 Å². The van der Waals surface area contributed by atoms with E-state index in [1.165, 1.54) is 12.1 Å². The van der Waals surface area contributed by atoms with Crippen molar-refractivity contribution in [3.63, 3.8) is 0 Å². The van der Waals surface area contributed by atoms with Crippen LogP contribution in [0.3, 0.4) is 0 Å². The number of carboxylic acids is 1. The van der Waals surface area contributed by atoms with Crippen LogP contribution in [0.15, 0.2) is 29.2 Å². The molecule has 1 rings (SSSR count). The number of carboxylic acid groups (broad SMARTS) is 1. The molecular formula is C10H12O5S. The van der Waals surface area contributed by atoms with Crippen LogP contribution in [0.2, 0.25) is 0 Å². The van der Waals surface area contributed by atoms with Gasteiger partial charge in [0.05, 0.1) is 11.5 Å². The Morgan fingerprint density at radius 3 is 2.31 bits per heavy atom. The minimum absolute atomic E-state index is 0.149. The Morgan fingerprint density at radius 1 is 1.31 bits per heavy atom. The summed E-state index contributed by atoms with van der Waals surface area (Å²) >= 11 is 0. The van der Waals surface area contributed by atoms with Crippen molar-refractivity contribution in [1.29, 1.82) is 0 Å². The van der Waals surface area contributed by atoms with Gasteiger partial charge < -0.3 is 9.84 Å². The molecule has 0 heterocycles. The molecule has 0 saturated heterocycles. The molecule has 0 spiro atoms. The average Bonchev–Trinajstić information content (AvgIpc) is 2.16. The first kappa shape index (κ1) is 12.7. The molecular weight excluding hydrogens is 232 g/mol. The summed E-state index contributed by atoms with van der Waals surface area (Å²) in [6, 6.07) is 6.13. The number of sulfone groups is 1. The van der Waals surface area contributed by atoms with E-state index in [1.807, 2.05) is 0 Å². The largest absolute Gasteiger partial charge is 0.480 e. The highest BCUT2D eigenvalue weighted by molar-refractivity contribution is 7.90. The predicted octanol–water partition coefficient (Wildman–Crippen LogP) is 0.691. The van der Waals surface area contributed by atoms with Crippen molar-refractivity contribution in [1.82, 2.24) is 0 Å². The second-order valence-corrected chi connectivity index (χ2v) is 5.32. The lowest BCUT2D eigenvalue weighted by Gasteiger charge is -2.03. The highest BCUT2D eigenvalue weighted by Crippen LogP contribution is 2.10. The van der Waals surface area contributed by atoms with Crippen LogP contribution in [0.1, 0.15) is 5.56 Å². The zero-order chi connectivity index (χ0) is 12.2. The molecule has 0 saturated carbocycles. The van der Waals surface area contributed by atoms with Crippen molar-refractivity contribution in [2.45, 2.75) is 11.5 Å². The zero-order valence-corrected chi connectivity index (χ0v) is 9.53. The van der Waals surface area contributed by atoms with Crippen LogP contribution >= 0.6 is 0 Å². The molecule has 6 heteroatoms. The van der Waals surface area contributed by atoms with E-state index in [9.17, 15) is 13.2 Å². The maximum Gasteiger partial charge on any atom is 0.329 e. The first-order chi connectivity index (χ1) is 7.39. The average molecular weight is 244 g/mol. The fourth-order valence-corrected chi connectivity index (χ4v) is 1.72. The number of rotatable bonds is 5. The van der Waals surface area contributed by atoms with Gasteiger partial charge in [0, 0.05) is 6.26 Å².